The SMILES string of the molecule is COc1ccc(/C=C/C(=O)c2ccn(C)n2)cc1Cn1nc(C(F)F)cc1C(F)F. The molecule has 0 radical (unpaired) electrons. The fourth-order valence-electron chi connectivity index (χ4n) is 2.85. The number of hydrogen-bond donors (Lipinski definition) is 0. The van der Waals surface area contributed by atoms with E-state index in [1.54, 1.807) is 43.6 Å². The van der Waals surface area contributed by atoms with Gasteiger partial charge in [-0.1, -0.05) is 12.1 Å². The van der Waals surface area contributed by atoms with Crippen molar-refractivity contribution in [2.45, 2.75) is 19.4 Å². The summed E-state index contributed by atoms with van der Waals surface area (Å²) < 4.78 is 59.9. The Morgan fingerprint density at radius 3 is 2.50 bits per heavy atom. The van der Waals surface area contributed by atoms with Crippen LogP contribution in [0.15, 0.2) is 42.6 Å². The summed E-state index contributed by atoms with van der Waals surface area (Å²) in [7, 11) is 3.10. The lowest BCUT2D eigenvalue weighted by molar-refractivity contribution is 0.104. The molecule has 0 atom stereocenters. The fourth-order valence-corrected chi connectivity index (χ4v) is 2.85. The molecule has 3 rings (SSSR count). The number of alkyl halides is 4. The lowest BCUT2D eigenvalue weighted by Gasteiger charge is -2.12. The van der Waals surface area contributed by atoms with Gasteiger partial charge in [-0.2, -0.15) is 10.2 Å². The van der Waals surface area contributed by atoms with Crippen LogP contribution in [0.3, 0.4) is 0 Å². The second-order valence-corrected chi connectivity index (χ2v) is 6.40. The number of halogens is 4. The zero-order valence-corrected chi connectivity index (χ0v) is 16.1. The Morgan fingerprint density at radius 2 is 1.90 bits per heavy atom. The Kier molecular flexibility index (Phi) is 6.34. The van der Waals surface area contributed by atoms with Crippen molar-refractivity contribution in [3.8, 4) is 5.75 Å². The standard InChI is InChI=1S/C20H18F4N4O2/c1-27-8-7-14(25-27)17(29)5-3-12-4-6-18(30-2)13(9-12)11-28-16(20(23)24)10-15(26-28)19(21)22/h3-10,19-20H,11H2,1-2H3/b5-3+. The van der Waals surface area contributed by atoms with Crippen molar-refractivity contribution in [2.75, 3.05) is 7.11 Å². The van der Waals surface area contributed by atoms with Crippen molar-refractivity contribution in [1.29, 1.82) is 0 Å². The van der Waals surface area contributed by atoms with Gasteiger partial charge in [0.25, 0.3) is 12.9 Å². The molecule has 2 aromatic heterocycles. The highest BCUT2D eigenvalue weighted by molar-refractivity contribution is 6.05. The number of benzene rings is 1. The molecule has 3 aromatic rings. The molecule has 0 unspecified atom stereocenters. The molecule has 0 N–H and O–H groups in total. The number of methoxy groups -OCH3 is 1. The third kappa shape index (κ3) is 4.76. The molecular weight excluding hydrogens is 404 g/mol. The van der Waals surface area contributed by atoms with E-state index in [1.165, 1.54) is 17.9 Å². The summed E-state index contributed by atoms with van der Waals surface area (Å²) in [5, 5.41) is 7.61. The largest absolute Gasteiger partial charge is 0.496 e. The minimum atomic E-state index is -2.96. The smallest absolute Gasteiger partial charge is 0.282 e. The predicted octanol–water partition coefficient (Wildman–Crippen LogP) is 4.44. The molecule has 30 heavy (non-hydrogen) atoms. The highest BCUT2D eigenvalue weighted by Crippen LogP contribution is 2.28. The normalized spacial score (nSPS) is 11.7. The van der Waals surface area contributed by atoms with Crippen LogP contribution < -0.4 is 4.74 Å². The molecule has 6 nitrogen and oxygen atoms in total. The van der Waals surface area contributed by atoms with E-state index in [1.807, 2.05) is 0 Å². The van der Waals surface area contributed by atoms with E-state index in [9.17, 15) is 22.4 Å². The van der Waals surface area contributed by atoms with Gasteiger partial charge in [0.1, 0.15) is 22.8 Å². The quantitative estimate of drug-likeness (QED) is 0.306. The number of nitrogens with zero attached hydrogens (tertiary/aromatic N) is 4. The maximum absolute atomic E-state index is 13.2. The van der Waals surface area contributed by atoms with Crippen molar-refractivity contribution in [3.05, 3.63) is 70.8 Å². The van der Waals surface area contributed by atoms with Gasteiger partial charge in [-0.05, 0) is 35.9 Å². The van der Waals surface area contributed by atoms with E-state index in [4.69, 9.17) is 4.74 Å². The molecule has 0 amide bonds. The number of ether oxygens (including phenoxy) is 1. The van der Waals surface area contributed by atoms with Gasteiger partial charge in [0, 0.05) is 18.8 Å². The average molecular weight is 422 g/mol. The molecule has 0 fully saturated rings. The maximum atomic E-state index is 13.2. The number of aryl methyl sites for hydroxylation is 1. The number of ketones is 1. The van der Waals surface area contributed by atoms with Crippen molar-refractivity contribution in [1.82, 2.24) is 19.6 Å². The topological polar surface area (TPSA) is 61.9 Å². The first kappa shape index (κ1) is 21.3. The van der Waals surface area contributed by atoms with Crippen LogP contribution in [-0.2, 0) is 13.6 Å². The second-order valence-electron chi connectivity index (χ2n) is 6.40. The average Bonchev–Trinajstić information content (AvgIpc) is 3.33. The number of carbonyl (C=O) groups is 1. The lowest BCUT2D eigenvalue weighted by Crippen LogP contribution is -2.08. The van der Waals surface area contributed by atoms with Crippen LogP contribution in [0.5, 0.6) is 5.75 Å². The van der Waals surface area contributed by atoms with E-state index in [0.29, 0.717) is 22.9 Å². The minimum Gasteiger partial charge on any atom is -0.496 e. The Balaban J connectivity index is 1.88. The maximum Gasteiger partial charge on any atom is 0.282 e. The van der Waals surface area contributed by atoms with Crippen LogP contribution in [0.25, 0.3) is 6.08 Å². The van der Waals surface area contributed by atoms with Gasteiger partial charge in [-0.25, -0.2) is 17.6 Å². The summed E-state index contributed by atoms with van der Waals surface area (Å²) in [5.74, 6) is 0.0686. The molecule has 0 bridgehead atoms. The summed E-state index contributed by atoms with van der Waals surface area (Å²) in [6.45, 7) is -0.203. The van der Waals surface area contributed by atoms with E-state index >= 15 is 0 Å². The zero-order chi connectivity index (χ0) is 21.8. The molecule has 0 aliphatic carbocycles. The number of rotatable bonds is 8. The third-order valence-electron chi connectivity index (χ3n) is 4.29. The van der Waals surface area contributed by atoms with Gasteiger partial charge in [0.15, 0.2) is 0 Å². The highest BCUT2D eigenvalue weighted by atomic mass is 19.3. The van der Waals surface area contributed by atoms with E-state index in [0.717, 1.165) is 4.68 Å². The third-order valence-corrected chi connectivity index (χ3v) is 4.29. The summed E-state index contributed by atoms with van der Waals surface area (Å²) >= 11 is 0. The second kappa shape index (κ2) is 8.93. The first-order chi connectivity index (χ1) is 14.3. The lowest BCUT2D eigenvalue weighted by atomic mass is 10.1. The van der Waals surface area contributed by atoms with Gasteiger partial charge < -0.3 is 4.74 Å². The van der Waals surface area contributed by atoms with Crippen LogP contribution in [0.4, 0.5) is 17.6 Å². The first-order valence-electron chi connectivity index (χ1n) is 8.81. The van der Waals surface area contributed by atoms with Gasteiger partial charge >= 0.3 is 0 Å². The molecule has 158 valence electrons. The molecule has 0 spiro atoms. The summed E-state index contributed by atoms with van der Waals surface area (Å²) in [4.78, 5) is 12.2. The zero-order valence-electron chi connectivity index (χ0n) is 16.1. The highest BCUT2D eigenvalue weighted by Gasteiger charge is 2.22. The molecule has 10 heteroatoms. The van der Waals surface area contributed by atoms with Gasteiger partial charge in [-0.3, -0.25) is 14.2 Å². The predicted molar refractivity (Wildman–Crippen MR) is 101 cm³/mol. The van der Waals surface area contributed by atoms with Crippen LogP contribution >= 0.6 is 0 Å². The number of aromatic nitrogens is 4. The molecule has 0 saturated heterocycles. The molecule has 1 aromatic carbocycles. The van der Waals surface area contributed by atoms with Crippen molar-refractivity contribution in [2.24, 2.45) is 7.05 Å². The van der Waals surface area contributed by atoms with E-state index in [-0.39, 0.29) is 18.0 Å². The van der Waals surface area contributed by atoms with Crippen LogP contribution in [0.2, 0.25) is 0 Å². The van der Waals surface area contributed by atoms with E-state index < -0.39 is 24.2 Å². The Morgan fingerprint density at radius 1 is 1.13 bits per heavy atom. The summed E-state index contributed by atoms with van der Waals surface area (Å²) in [6.07, 6.45) is -1.40. The monoisotopic (exact) mass is 422 g/mol. The van der Waals surface area contributed by atoms with Gasteiger partial charge in [-0.15, -0.1) is 0 Å². The van der Waals surface area contributed by atoms with Crippen LogP contribution in [-0.4, -0.2) is 32.5 Å². The first-order valence-corrected chi connectivity index (χ1v) is 8.81. The number of hydrogen-bond acceptors (Lipinski definition) is 4. The molecule has 0 saturated carbocycles. The van der Waals surface area contributed by atoms with Gasteiger partial charge in [0.05, 0.1) is 13.7 Å². The Labute approximate surface area is 169 Å². The van der Waals surface area contributed by atoms with Crippen molar-refractivity contribution in [3.63, 3.8) is 0 Å². The molecular formula is C20H18F4N4O2. The summed E-state index contributed by atoms with van der Waals surface area (Å²) in [6, 6.07) is 7.15. The minimum absolute atomic E-state index is 0.203. The van der Waals surface area contributed by atoms with Gasteiger partial charge in [0.2, 0.25) is 5.78 Å². The van der Waals surface area contributed by atoms with E-state index in [2.05, 4.69) is 10.2 Å². The van der Waals surface area contributed by atoms with Crippen molar-refractivity contribution >= 4 is 11.9 Å². The van der Waals surface area contributed by atoms with Crippen molar-refractivity contribution < 1.29 is 27.1 Å². The fraction of sp³-hybridized carbons (Fsp3) is 0.250. The summed E-state index contributed by atoms with van der Waals surface area (Å²) in [5.41, 5.74) is -0.0225. The number of carbonyl (C=O) groups excluding carboxylic acids is 1. The molecule has 0 aliphatic rings. The Bertz CT molecular complexity index is 1070. The molecule has 2 heterocycles. The van der Waals surface area contributed by atoms with Crippen LogP contribution in [0.1, 0.15) is 45.9 Å². The number of allylic oxidation sites excluding steroid dienone is 1. The molecule has 0 aliphatic heterocycles. The van der Waals surface area contributed by atoms with Crippen LogP contribution in [0, 0.1) is 0 Å². The Hall–Kier alpha value is -3.43.